The highest BCUT2D eigenvalue weighted by Crippen LogP contribution is 2.37. The van der Waals surface area contributed by atoms with Gasteiger partial charge >= 0.3 is 0 Å². The van der Waals surface area contributed by atoms with Crippen molar-refractivity contribution in [2.75, 3.05) is 27.4 Å². The van der Waals surface area contributed by atoms with Crippen LogP contribution in [0.1, 0.15) is 25.8 Å². The first-order chi connectivity index (χ1) is 12.4. The molecule has 2 amide bonds. The second kappa shape index (κ2) is 9.61. The van der Waals surface area contributed by atoms with E-state index in [2.05, 4.69) is 29.5 Å². The molecule has 1 aromatic carbocycles. The van der Waals surface area contributed by atoms with Gasteiger partial charge in [0.05, 0.1) is 34.8 Å². The summed E-state index contributed by atoms with van der Waals surface area (Å²) in [5.41, 5.74) is 0.778. The Morgan fingerprint density at radius 3 is 2.65 bits per heavy atom. The van der Waals surface area contributed by atoms with Gasteiger partial charge in [0, 0.05) is 7.11 Å². The van der Waals surface area contributed by atoms with Crippen molar-refractivity contribution in [3.63, 3.8) is 0 Å². The lowest BCUT2D eigenvalue weighted by atomic mass is 10.1. The Labute approximate surface area is 171 Å². The van der Waals surface area contributed by atoms with Gasteiger partial charge in [0.1, 0.15) is 0 Å². The van der Waals surface area contributed by atoms with E-state index >= 15 is 0 Å². The average Bonchev–Trinajstić information content (AvgIpc) is 2.88. The number of carbonyl (C=O) groups excluding carboxylic acids is 2. The zero-order valence-electron chi connectivity index (χ0n) is 15.2. The van der Waals surface area contributed by atoms with Crippen LogP contribution in [-0.2, 0) is 9.53 Å². The Balaban J connectivity index is 2.29. The van der Waals surface area contributed by atoms with Crippen LogP contribution in [0.2, 0.25) is 0 Å². The largest absolute Gasteiger partial charge is 0.493 e. The van der Waals surface area contributed by atoms with Gasteiger partial charge in [0.2, 0.25) is 0 Å². The third-order valence-corrected chi connectivity index (χ3v) is 5.54. The number of carbonyl (C=O) groups is 2. The lowest BCUT2D eigenvalue weighted by molar-refractivity contribution is -0.123. The van der Waals surface area contributed by atoms with E-state index in [0.29, 0.717) is 23.0 Å². The normalized spacial score (nSPS) is 17.1. The van der Waals surface area contributed by atoms with Gasteiger partial charge in [-0.15, -0.1) is 0 Å². The zero-order valence-corrected chi connectivity index (χ0v) is 18.2. The topological polar surface area (TPSA) is 65.1 Å². The second-order valence-electron chi connectivity index (χ2n) is 5.70. The molecule has 0 aromatic heterocycles. The van der Waals surface area contributed by atoms with Gasteiger partial charge in [0.25, 0.3) is 11.1 Å². The standard InChI is InChI=1S/C18H22INO5S/c1-5-11(2)25-16-13(19)8-12(9-14(16)24-4)10-15-17(21)20(6-7-23-3)18(22)26-15/h8-11H,5-7H2,1-4H3/b15-10+/t11-/m1/s1. The van der Waals surface area contributed by atoms with Gasteiger partial charge < -0.3 is 14.2 Å². The fraction of sp³-hybridized carbons (Fsp3) is 0.444. The smallest absolute Gasteiger partial charge is 0.293 e. The van der Waals surface area contributed by atoms with Crippen LogP contribution in [0.3, 0.4) is 0 Å². The highest BCUT2D eigenvalue weighted by Gasteiger charge is 2.34. The molecule has 6 nitrogen and oxygen atoms in total. The lowest BCUT2D eigenvalue weighted by Gasteiger charge is -2.17. The van der Waals surface area contributed by atoms with Gasteiger partial charge in [-0.2, -0.15) is 0 Å². The van der Waals surface area contributed by atoms with Gasteiger partial charge in [0.15, 0.2) is 11.5 Å². The number of hydrogen-bond acceptors (Lipinski definition) is 6. The Morgan fingerprint density at radius 1 is 1.31 bits per heavy atom. The summed E-state index contributed by atoms with van der Waals surface area (Å²) in [5, 5.41) is -0.281. The van der Waals surface area contributed by atoms with Gasteiger partial charge in [-0.05, 0) is 71.5 Å². The van der Waals surface area contributed by atoms with Crippen molar-refractivity contribution in [1.82, 2.24) is 4.90 Å². The number of methoxy groups -OCH3 is 2. The molecule has 2 rings (SSSR count). The van der Waals surface area contributed by atoms with E-state index in [9.17, 15) is 9.59 Å². The fourth-order valence-corrected chi connectivity index (χ4v) is 3.87. The molecular weight excluding hydrogens is 469 g/mol. The molecule has 1 saturated heterocycles. The van der Waals surface area contributed by atoms with Crippen LogP contribution in [0.5, 0.6) is 11.5 Å². The molecule has 0 radical (unpaired) electrons. The van der Waals surface area contributed by atoms with E-state index in [1.165, 1.54) is 12.0 Å². The minimum atomic E-state index is -0.300. The molecule has 0 aliphatic carbocycles. The van der Waals surface area contributed by atoms with Crippen molar-refractivity contribution in [3.05, 3.63) is 26.2 Å². The van der Waals surface area contributed by atoms with Crippen LogP contribution >= 0.6 is 34.4 Å². The molecule has 1 atom stereocenters. The highest BCUT2D eigenvalue weighted by molar-refractivity contribution is 14.1. The zero-order chi connectivity index (χ0) is 19.3. The molecule has 1 aliphatic rings. The summed E-state index contributed by atoms with van der Waals surface area (Å²) in [6, 6.07) is 3.72. The first-order valence-electron chi connectivity index (χ1n) is 8.19. The Kier molecular flexibility index (Phi) is 7.78. The number of ether oxygens (including phenoxy) is 3. The molecule has 8 heteroatoms. The summed E-state index contributed by atoms with van der Waals surface area (Å²) in [4.78, 5) is 26.0. The van der Waals surface area contributed by atoms with Crippen molar-refractivity contribution in [2.24, 2.45) is 0 Å². The molecule has 0 spiro atoms. The van der Waals surface area contributed by atoms with Crippen molar-refractivity contribution < 1.29 is 23.8 Å². The number of benzene rings is 1. The number of amides is 2. The van der Waals surface area contributed by atoms with Crippen LogP contribution in [0.25, 0.3) is 6.08 Å². The first kappa shape index (κ1) is 21.0. The Hall–Kier alpha value is -1.26. The van der Waals surface area contributed by atoms with Crippen LogP contribution in [0.4, 0.5) is 4.79 Å². The monoisotopic (exact) mass is 491 g/mol. The summed E-state index contributed by atoms with van der Waals surface area (Å²) in [5.74, 6) is 0.987. The number of imide groups is 1. The van der Waals surface area contributed by atoms with Crippen molar-refractivity contribution in [1.29, 1.82) is 0 Å². The molecule has 0 unspecified atom stereocenters. The third-order valence-electron chi connectivity index (χ3n) is 3.84. The van der Waals surface area contributed by atoms with E-state index in [0.717, 1.165) is 27.3 Å². The quantitative estimate of drug-likeness (QED) is 0.402. The predicted octanol–water partition coefficient (Wildman–Crippen LogP) is 4.16. The molecule has 0 bridgehead atoms. The predicted molar refractivity (Wildman–Crippen MR) is 111 cm³/mol. The summed E-state index contributed by atoms with van der Waals surface area (Å²) in [6.45, 7) is 4.62. The summed E-state index contributed by atoms with van der Waals surface area (Å²) in [6.07, 6.45) is 2.66. The molecule has 1 fully saturated rings. The van der Waals surface area contributed by atoms with Crippen molar-refractivity contribution in [2.45, 2.75) is 26.4 Å². The number of halogens is 1. The summed E-state index contributed by atoms with van der Waals surface area (Å²) >= 11 is 3.12. The number of rotatable bonds is 8. The Bertz CT molecular complexity index is 722. The van der Waals surface area contributed by atoms with E-state index in [1.54, 1.807) is 13.2 Å². The molecule has 1 aliphatic heterocycles. The van der Waals surface area contributed by atoms with Gasteiger partial charge in [-0.1, -0.05) is 6.92 Å². The van der Waals surface area contributed by atoms with Crippen LogP contribution in [0.15, 0.2) is 17.0 Å². The maximum atomic E-state index is 12.4. The fourth-order valence-electron chi connectivity index (χ4n) is 2.25. The molecule has 0 N–H and O–H groups in total. The van der Waals surface area contributed by atoms with Crippen molar-refractivity contribution in [3.8, 4) is 11.5 Å². The lowest BCUT2D eigenvalue weighted by Crippen LogP contribution is -2.31. The number of nitrogens with zero attached hydrogens (tertiary/aromatic N) is 1. The third kappa shape index (κ3) is 4.92. The molecule has 1 aromatic rings. The first-order valence-corrected chi connectivity index (χ1v) is 10.1. The van der Waals surface area contributed by atoms with E-state index in [1.807, 2.05) is 19.1 Å². The van der Waals surface area contributed by atoms with E-state index in [-0.39, 0.29) is 23.8 Å². The van der Waals surface area contributed by atoms with Crippen LogP contribution < -0.4 is 9.47 Å². The van der Waals surface area contributed by atoms with Crippen LogP contribution in [-0.4, -0.2) is 49.5 Å². The van der Waals surface area contributed by atoms with Crippen LogP contribution in [0, 0.1) is 3.57 Å². The molecule has 1 heterocycles. The average molecular weight is 491 g/mol. The second-order valence-corrected chi connectivity index (χ2v) is 7.85. The summed E-state index contributed by atoms with van der Waals surface area (Å²) < 4.78 is 17.2. The summed E-state index contributed by atoms with van der Waals surface area (Å²) in [7, 11) is 3.11. The number of hydrogen-bond donors (Lipinski definition) is 0. The SMILES string of the molecule is CC[C@@H](C)Oc1c(I)cc(/C=C2/SC(=O)N(CCOC)C2=O)cc1OC. The highest BCUT2D eigenvalue weighted by atomic mass is 127. The molecule has 0 saturated carbocycles. The minimum absolute atomic E-state index is 0.0700. The van der Waals surface area contributed by atoms with Gasteiger partial charge in [-0.25, -0.2) is 0 Å². The van der Waals surface area contributed by atoms with E-state index < -0.39 is 0 Å². The maximum Gasteiger partial charge on any atom is 0.293 e. The molecule has 26 heavy (non-hydrogen) atoms. The van der Waals surface area contributed by atoms with E-state index in [4.69, 9.17) is 14.2 Å². The molecular formula is C18H22INO5S. The maximum absolute atomic E-state index is 12.4. The van der Waals surface area contributed by atoms with Crippen molar-refractivity contribution >= 4 is 51.6 Å². The number of thioether (sulfide) groups is 1. The molecule has 142 valence electrons. The Morgan fingerprint density at radius 2 is 2.04 bits per heavy atom. The minimum Gasteiger partial charge on any atom is -0.493 e. The van der Waals surface area contributed by atoms with Gasteiger partial charge in [-0.3, -0.25) is 14.5 Å².